The van der Waals surface area contributed by atoms with Crippen molar-refractivity contribution in [3.8, 4) is 0 Å². The van der Waals surface area contributed by atoms with Crippen molar-refractivity contribution < 1.29 is 23.9 Å². The highest BCUT2D eigenvalue weighted by Crippen LogP contribution is 2.34. The lowest BCUT2D eigenvalue weighted by atomic mass is 10.0. The fraction of sp³-hybridized carbons (Fsp3) is 0.581. The largest absolute Gasteiger partial charge is 0.459 e. The summed E-state index contributed by atoms with van der Waals surface area (Å²) in [7, 11) is 0. The third kappa shape index (κ3) is 5.67. The van der Waals surface area contributed by atoms with Crippen molar-refractivity contribution in [2.24, 2.45) is 17.8 Å². The normalized spacial score (nSPS) is 27.7. The van der Waals surface area contributed by atoms with Gasteiger partial charge in [-0.1, -0.05) is 43.2 Å². The van der Waals surface area contributed by atoms with Crippen LogP contribution in [0.2, 0.25) is 0 Å². The minimum absolute atomic E-state index is 0.000655. The fourth-order valence-electron chi connectivity index (χ4n) is 7.27. The van der Waals surface area contributed by atoms with Gasteiger partial charge in [0.15, 0.2) is 5.76 Å². The highest BCUT2D eigenvalue weighted by molar-refractivity contribution is 5.96. The van der Waals surface area contributed by atoms with Gasteiger partial charge in [-0.2, -0.15) is 0 Å². The molecule has 0 radical (unpaired) electrons. The summed E-state index contributed by atoms with van der Waals surface area (Å²) in [5, 5.41) is 13.6. The Morgan fingerprint density at radius 1 is 0.950 bits per heavy atom. The van der Waals surface area contributed by atoms with Crippen LogP contribution in [-0.2, 0) is 9.59 Å². The van der Waals surface area contributed by atoms with Crippen molar-refractivity contribution in [2.75, 3.05) is 39.3 Å². The second kappa shape index (κ2) is 11.7. The Labute approximate surface area is 235 Å². The standard InChI is InChI=1S/C31H40N4O5/c36-25-15-27(35(20-25)31(39)28-11-6-14-40-28)30(38)34-18-23-16-33(17-24(23)19-34)13-12-26(21-7-2-1-3-8-21)32-29(37)22-9-4-5-10-22/h1-3,6-8,11,14,22-27,36H,4-5,9-10,12-13,15-20H2,(H,32,37)/t23?,24?,25?,26-,27?/m0/s1. The molecule has 9 nitrogen and oxygen atoms in total. The van der Waals surface area contributed by atoms with Crippen molar-refractivity contribution in [1.29, 1.82) is 0 Å². The lowest BCUT2D eigenvalue weighted by molar-refractivity contribution is -0.134. The van der Waals surface area contributed by atoms with Crippen LogP contribution in [0, 0.1) is 17.8 Å². The third-order valence-electron chi connectivity index (χ3n) is 9.41. The number of amides is 3. The van der Waals surface area contributed by atoms with Gasteiger partial charge >= 0.3 is 0 Å². The van der Waals surface area contributed by atoms with Gasteiger partial charge in [0, 0.05) is 51.6 Å². The summed E-state index contributed by atoms with van der Waals surface area (Å²) in [5.41, 5.74) is 1.15. The van der Waals surface area contributed by atoms with Crippen LogP contribution in [0.1, 0.15) is 60.7 Å². The van der Waals surface area contributed by atoms with Gasteiger partial charge in [0.1, 0.15) is 6.04 Å². The van der Waals surface area contributed by atoms with Gasteiger partial charge in [0.25, 0.3) is 5.91 Å². The Balaban J connectivity index is 1.03. The molecule has 214 valence electrons. The van der Waals surface area contributed by atoms with E-state index >= 15 is 0 Å². The molecule has 2 N–H and O–H groups in total. The van der Waals surface area contributed by atoms with E-state index in [0.29, 0.717) is 24.9 Å². The van der Waals surface area contributed by atoms with E-state index in [4.69, 9.17) is 4.42 Å². The van der Waals surface area contributed by atoms with Crippen molar-refractivity contribution in [3.63, 3.8) is 0 Å². The second-order valence-corrected chi connectivity index (χ2v) is 12.1. The van der Waals surface area contributed by atoms with Crippen LogP contribution in [0.3, 0.4) is 0 Å². The molecule has 5 atom stereocenters. The summed E-state index contributed by atoms with van der Waals surface area (Å²) in [6.07, 6.45) is 6.12. The molecule has 1 aromatic heterocycles. The highest BCUT2D eigenvalue weighted by atomic mass is 16.3. The average Bonchev–Trinajstić information content (AvgIpc) is 3.79. The Kier molecular flexibility index (Phi) is 7.94. The SMILES string of the molecule is O=C(N[C@@H](CCN1CC2CN(C(=O)C3CC(O)CN3C(=O)c3ccco3)CC2C1)c1ccccc1)C1CCCC1. The predicted molar refractivity (Wildman–Crippen MR) is 148 cm³/mol. The van der Waals surface area contributed by atoms with Crippen molar-refractivity contribution in [2.45, 2.75) is 56.7 Å². The number of nitrogens with zero attached hydrogens (tertiary/aromatic N) is 3. The molecule has 0 bridgehead atoms. The molecule has 1 aromatic carbocycles. The molecule has 1 saturated carbocycles. The van der Waals surface area contributed by atoms with E-state index in [1.54, 1.807) is 12.1 Å². The zero-order valence-corrected chi connectivity index (χ0v) is 23.0. The molecule has 3 saturated heterocycles. The number of benzene rings is 1. The molecule has 1 aliphatic carbocycles. The van der Waals surface area contributed by atoms with Crippen molar-refractivity contribution >= 4 is 17.7 Å². The van der Waals surface area contributed by atoms with Gasteiger partial charge < -0.3 is 29.5 Å². The number of likely N-dealkylation sites (tertiary alicyclic amines) is 3. The molecule has 9 heteroatoms. The van der Waals surface area contributed by atoms with Gasteiger partial charge in [-0.25, -0.2) is 0 Å². The van der Waals surface area contributed by atoms with Crippen LogP contribution in [0.15, 0.2) is 53.1 Å². The first kappa shape index (κ1) is 27.0. The highest BCUT2D eigenvalue weighted by Gasteiger charge is 2.47. The van der Waals surface area contributed by atoms with Crippen molar-refractivity contribution in [3.05, 3.63) is 60.1 Å². The summed E-state index contributed by atoms with van der Waals surface area (Å²) in [5.74, 6) is 0.895. The fourth-order valence-corrected chi connectivity index (χ4v) is 7.27. The molecule has 2 aromatic rings. The summed E-state index contributed by atoms with van der Waals surface area (Å²) in [6, 6.07) is 12.8. The summed E-state index contributed by atoms with van der Waals surface area (Å²) in [6.45, 7) is 4.24. The number of nitrogens with one attached hydrogen (secondary N) is 1. The Morgan fingerprint density at radius 3 is 2.35 bits per heavy atom. The minimum Gasteiger partial charge on any atom is -0.459 e. The lowest BCUT2D eigenvalue weighted by Gasteiger charge is -2.29. The zero-order valence-electron chi connectivity index (χ0n) is 23.0. The smallest absolute Gasteiger partial charge is 0.290 e. The summed E-state index contributed by atoms with van der Waals surface area (Å²) >= 11 is 0. The maximum Gasteiger partial charge on any atom is 0.290 e. The number of aliphatic hydroxyl groups excluding tert-OH is 1. The zero-order chi connectivity index (χ0) is 27.6. The van der Waals surface area contributed by atoms with E-state index in [1.165, 1.54) is 11.2 Å². The predicted octanol–water partition coefficient (Wildman–Crippen LogP) is 2.68. The molecule has 4 aliphatic rings. The van der Waals surface area contributed by atoms with E-state index < -0.39 is 12.1 Å². The number of furan rings is 1. The number of rotatable bonds is 8. The maximum atomic E-state index is 13.5. The van der Waals surface area contributed by atoms with Crippen LogP contribution in [0.4, 0.5) is 0 Å². The van der Waals surface area contributed by atoms with Crippen LogP contribution >= 0.6 is 0 Å². The van der Waals surface area contributed by atoms with Gasteiger partial charge in [0.2, 0.25) is 11.8 Å². The number of carbonyl (C=O) groups excluding carboxylic acids is 3. The van der Waals surface area contributed by atoms with E-state index in [1.807, 2.05) is 23.1 Å². The summed E-state index contributed by atoms with van der Waals surface area (Å²) < 4.78 is 5.26. The van der Waals surface area contributed by atoms with Crippen LogP contribution in [0.25, 0.3) is 0 Å². The molecule has 3 amide bonds. The van der Waals surface area contributed by atoms with E-state index in [-0.39, 0.29) is 48.4 Å². The van der Waals surface area contributed by atoms with Crippen molar-refractivity contribution in [1.82, 2.24) is 20.0 Å². The number of β-amino-alcohol motifs (C(OH)–C–C–N with tert-alkyl or cyclic N) is 1. The Morgan fingerprint density at radius 2 is 1.68 bits per heavy atom. The molecular formula is C31H40N4O5. The van der Waals surface area contributed by atoms with Gasteiger partial charge in [0.05, 0.1) is 18.4 Å². The molecule has 40 heavy (non-hydrogen) atoms. The molecular weight excluding hydrogens is 508 g/mol. The number of hydrogen-bond acceptors (Lipinski definition) is 6. The van der Waals surface area contributed by atoms with Crippen LogP contribution in [0.5, 0.6) is 0 Å². The van der Waals surface area contributed by atoms with Gasteiger partial charge in [-0.15, -0.1) is 0 Å². The number of hydrogen-bond donors (Lipinski definition) is 2. The Bertz CT molecular complexity index is 1170. The monoisotopic (exact) mass is 548 g/mol. The van der Waals surface area contributed by atoms with Gasteiger partial charge in [-0.05, 0) is 48.8 Å². The van der Waals surface area contributed by atoms with E-state index in [2.05, 4.69) is 22.3 Å². The number of carbonyl (C=O) groups is 3. The first-order chi connectivity index (χ1) is 19.5. The topological polar surface area (TPSA) is 106 Å². The molecule has 0 spiro atoms. The van der Waals surface area contributed by atoms with Crippen LogP contribution < -0.4 is 5.32 Å². The quantitative estimate of drug-likeness (QED) is 0.526. The second-order valence-electron chi connectivity index (χ2n) is 12.1. The van der Waals surface area contributed by atoms with E-state index in [0.717, 1.165) is 57.3 Å². The molecule has 4 unspecified atom stereocenters. The minimum atomic E-state index is -0.711. The first-order valence-corrected chi connectivity index (χ1v) is 14.8. The maximum absolute atomic E-state index is 13.5. The third-order valence-corrected chi connectivity index (χ3v) is 9.41. The Hall–Kier alpha value is -3.17. The molecule has 6 rings (SSSR count). The lowest BCUT2D eigenvalue weighted by Crippen LogP contribution is -2.47. The molecule has 4 fully saturated rings. The first-order valence-electron chi connectivity index (χ1n) is 14.8. The number of aliphatic hydroxyl groups is 1. The van der Waals surface area contributed by atoms with Crippen LogP contribution in [-0.4, -0.2) is 88.9 Å². The summed E-state index contributed by atoms with van der Waals surface area (Å²) in [4.78, 5) is 45.2. The average molecular weight is 549 g/mol. The molecule has 4 heterocycles. The van der Waals surface area contributed by atoms with Gasteiger partial charge in [-0.3, -0.25) is 14.4 Å². The number of fused-ring (bicyclic) bond motifs is 1. The molecule has 3 aliphatic heterocycles. The van der Waals surface area contributed by atoms with E-state index in [9.17, 15) is 19.5 Å².